The molecule has 26 heavy (non-hydrogen) atoms. The molecule has 0 aliphatic carbocycles. The van der Waals surface area contributed by atoms with Crippen LogP contribution in [0.3, 0.4) is 0 Å². The van der Waals surface area contributed by atoms with Crippen LogP contribution in [-0.4, -0.2) is 25.5 Å². The summed E-state index contributed by atoms with van der Waals surface area (Å²) in [4.78, 5) is 12.2. The van der Waals surface area contributed by atoms with E-state index in [1.807, 2.05) is 47.6 Å². The predicted octanol–water partition coefficient (Wildman–Crippen LogP) is 3.84. The molecular weight excluding hydrogens is 394 g/mol. The monoisotopic (exact) mass is 415 g/mol. The lowest BCUT2D eigenvalue weighted by Crippen LogP contribution is -2.16. The molecule has 1 aromatic carbocycles. The number of aryl methyl sites for hydroxylation is 3. The fourth-order valence-corrected chi connectivity index (χ4v) is 3.07. The zero-order chi connectivity index (χ0) is 18.7. The van der Waals surface area contributed by atoms with Crippen molar-refractivity contribution >= 4 is 27.7 Å². The van der Waals surface area contributed by atoms with Crippen LogP contribution < -0.4 is 5.32 Å². The first-order valence-corrected chi connectivity index (χ1v) is 9.30. The number of anilines is 1. The number of nitrogens with one attached hydrogen (secondary N) is 1. The maximum Gasteiger partial charge on any atom is 0.227 e. The van der Waals surface area contributed by atoms with Gasteiger partial charge in [0.25, 0.3) is 0 Å². The molecule has 136 valence electrons. The van der Waals surface area contributed by atoms with Gasteiger partial charge in [0, 0.05) is 24.4 Å². The number of rotatable bonds is 6. The average molecular weight is 416 g/mol. The van der Waals surface area contributed by atoms with Crippen LogP contribution in [0, 0.1) is 20.8 Å². The Morgan fingerprint density at radius 2 is 1.92 bits per heavy atom. The second-order valence-electron chi connectivity index (χ2n) is 6.33. The Kier molecular flexibility index (Phi) is 5.56. The van der Waals surface area contributed by atoms with Crippen LogP contribution >= 0.6 is 15.9 Å². The Balaban J connectivity index is 1.56. The number of hydrogen-bond acceptors (Lipinski definition) is 3. The molecule has 3 aromatic rings. The summed E-state index contributed by atoms with van der Waals surface area (Å²) in [5.41, 5.74) is 4.39. The van der Waals surface area contributed by atoms with E-state index < -0.39 is 0 Å². The summed E-state index contributed by atoms with van der Waals surface area (Å²) in [7, 11) is 0. The van der Waals surface area contributed by atoms with Gasteiger partial charge in [-0.25, -0.2) is 0 Å². The molecule has 1 N–H and O–H groups in total. The Labute approximate surface area is 161 Å². The van der Waals surface area contributed by atoms with Crippen molar-refractivity contribution in [1.82, 2.24) is 19.6 Å². The molecule has 3 rings (SSSR count). The summed E-state index contributed by atoms with van der Waals surface area (Å²) in [5, 5.41) is 11.7. The van der Waals surface area contributed by atoms with Gasteiger partial charge in [-0.3, -0.25) is 14.2 Å². The van der Waals surface area contributed by atoms with Gasteiger partial charge in [0.2, 0.25) is 5.91 Å². The van der Waals surface area contributed by atoms with Crippen LogP contribution in [-0.2, 0) is 17.9 Å². The van der Waals surface area contributed by atoms with E-state index in [0.717, 1.165) is 15.9 Å². The normalized spacial score (nSPS) is 10.9. The lowest BCUT2D eigenvalue weighted by molar-refractivity contribution is -0.116. The fraction of sp³-hybridized carbons (Fsp3) is 0.316. The molecule has 0 aliphatic rings. The number of hydrogen-bond donors (Lipinski definition) is 1. The first-order valence-electron chi connectivity index (χ1n) is 8.51. The number of benzene rings is 1. The Morgan fingerprint density at radius 3 is 2.62 bits per heavy atom. The number of nitrogens with zero attached hydrogens (tertiary/aromatic N) is 4. The molecule has 6 nitrogen and oxygen atoms in total. The van der Waals surface area contributed by atoms with Crippen LogP contribution in [0.25, 0.3) is 0 Å². The van der Waals surface area contributed by atoms with Crippen molar-refractivity contribution in [2.24, 2.45) is 0 Å². The zero-order valence-electron chi connectivity index (χ0n) is 15.2. The summed E-state index contributed by atoms with van der Waals surface area (Å²) in [6.45, 7) is 7.22. The van der Waals surface area contributed by atoms with Gasteiger partial charge in [-0.15, -0.1) is 0 Å². The number of amides is 1. The van der Waals surface area contributed by atoms with E-state index in [9.17, 15) is 4.79 Å². The number of aromatic nitrogens is 4. The minimum absolute atomic E-state index is 0.0742. The third kappa shape index (κ3) is 4.22. The highest BCUT2D eigenvalue weighted by atomic mass is 79.9. The van der Waals surface area contributed by atoms with Crippen LogP contribution in [0.5, 0.6) is 0 Å². The molecule has 0 fully saturated rings. The summed E-state index contributed by atoms with van der Waals surface area (Å²) < 4.78 is 4.67. The van der Waals surface area contributed by atoms with Crippen LogP contribution in [0.15, 0.2) is 41.0 Å². The van der Waals surface area contributed by atoms with Crippen molar-refractivity contribution in [2.45, 2.75) is 40.3 Å². The van der Waals surface area contributed by atoms with E-state index in [1.165, 1.54) is 11.1 Å². The van der Waals surface area contributed by atoms with Crippen molar-refractivity contribution in [3.8, 4) is 0 Å². The highest BCUT2D eigenvalue weighted by Crippen LogP contribution is 2.20. The molecular formula is C19H22BrN5O. The Morgan fingerprint density at radius 1 is 1.15 bits per heavy atom. The number of carbonyl (C=O) groups excluding carboxylic acids is 1. The van der Waals surface area contributed by atoms with E-state index in [-0.39, 0.29) is 5.91 Å². The lowest BCUT2D eigenvalue weighted by Gasteiger charge is -2.06. The lowest BCUT2D eigenvalue weighted by atomic mass is 10.1. The molecule has 0 unspecified atom stereocenters. The third-order valence-corrected chi connectivity index (χ3v) is 5.49. The largest absolute Gasteiger partial charge is 0.309 e. The van der Waals surface area contributed by atoms with Crippen molar-refractivity contribution in [3.63, 3.8) is 0 Å². The topological polar surface area (TPSA) is 64.7 Å². The van der Waals surface area contributed by atoms with Gasteiger partial charge in [0.05, 0.1) is 23.3 Å². The summed E-state index contributed by atoms with van der Waals surface area (Å²) in [6.07, 6.45) is 2.22. The molecule has 0 radical (unpaired) electrons. The van der Waals surface area contributed by atoms with Crippen molar-refractivity contribution in [1.29, 1.82) is 0 Å². The zero-order valence-corrected chi connectivity index (χ0v) is 16.7. The summed E-state index contributed by atoms with van der Waals surface area (Å²) in [6, 6.07) is 10.0. The molecule has 0 atom stereocenters. The fourth-order valence-electron chi connectivity index (χ4n) is 2.78. The second kappa shape index (κ2) is 7.86. The quantitative estimate of drug-likeness (QED) is 0.664. The first kappa shape index (κ1) is 18.4. The van der Waals surface area contributed by atoms with Gasteiger partial charge in [0.15, 0.2) is 5.82 Å². The molecule has 0 aliphatic heterocycles. The average Bonchev–Trinajstić information content (AvgIpc) is 3.15. The van der Waals surface area contributed by atoms with Gasteiger partial charge >= 0.3 is 0 Å². The van der Waals surface area contributed by atoms with E-state index in [2.05, 4.69) is 50.5 Å². The Bertz CT molecular complexity index is 928. The van der Waals surface area contributed by atoms with E-state index in [4.69, 9.17) is 0 Å². The van der Waals surface area contributed by atoms with E-state index in [1.54, 1.807) is 0 Å². The standard InChI is InChI=1S/C19H22BrN5O/c1-13-6-4-5-7-16(13)12-24-10-8-17(23-24)21-18(26)9-11-25-15(3)19(20)14(2)22-25/h4-8,10H,9,11-12H2,1-3H3,(H,21,23,26). The van der Waals surface area contributed by atoms with Crippen LogP contribution in [0.4, 0.5) is 5.82 Å². The second-order valence-corrected chi connectivity index (χ2v) is 7.12. The molecule has 2 heterocycles. The Hall–Kier alpha value is -2.41. The minimum Gasteiger partial charge on any atom is -0.309 e. The highest BCUT2D eigenvalue weighted by Gasteiger charge is 2.11. The van der Waals surface area contributed by atoms with Gasteiger partial charge in [-0.2, -0.15) is 10.2 Å². The van der Waals surface area contributed by atoms with Crippen molar-refractivity contribution in [3.05, 3.63) is 63.5 Å². The molecule has 0 bridgehead atoms. The summed E-state index contributed by atoms with van der Waals surface area (Å²) >= 11 is 3.50. The molecule has 0 saturated carbocycles. The van der Waals surface area contributed by atoms with Crippen LogP contribution in [0.2, 0.25) is 0 Å². The smallest absolute Gasteiger partial charge is 0.227 e. The van der Waals surface area contributed by atoms with Gasteiger partial charge in [-0.05, 0) is 47.8 Å². The van der Waals surface area contributed by atoms with E-state index >= 15 is 0 Å². The molecule has 0 saturated heterocycles. The third-order valence-electron chi connectivity index (χ3n) is 4.35. The van der Waals surface area contributed by atoms with Crippen molar-refractivity contribution in [2.75, 3.05) is 5.32 Å². The first-order chi connectivity index (χ1) is 12.4. The predicted molar refractivity (Wildman–Crippen MR) is 105 cm³/mol. The summed E-state index contributed by atoms with van der Waals surface area (Å²) in [5.74, 6) is 0.493. The van der Waals surface area contributed by atoms with Crippen molar-refractivity contribution < 1.29 is 4.79 Å². The SMILES string of the molecule is Cc1ccccc1Cn1ccc(NC(=O)CCn2nc(C)c(Br)c2C)n1. The molecule has 1 amide bonds. The maximum absolute atomic E-state index is 12.2. The highest BCUT2D eigenvalue weighted by molar-refractivity contribution is 9.10. The minimum atomic E-state index is -0.0742. The van der Waals surface area contributed by atoms with Crippen LogP contribution in [0.1, 0.15) is 28.9 Å². The maximum atomic E-state index is 12.2. The van der Waals surface area contributed by atoms with E-state index in [0.29, 0.717) is 25.3 Å². The molecule has 7 heteroatoms. The number of halogens is 1. The van der Waals surface area contributed by atoms with Gasteiger partial charge < -0.3 is 5.32 Å². The number of carbonyl (C=O) groups is 1. The van der Waals surface area contributed by atoms with Gasteiger partial charge in [0.1, 0.15) is 0 Å². The molecule has 0 spiro atoms. The van der Waals surface area contributed by atoms with Gasteiger partial charge in [-0.1, -0.05) is 24.3 Å². The molecule has 2 aromatic heterocycles.